The van der Waals surface area contributed by atoms with Crippen LogP contribution in [0.25, 0.3) is 0 Å². The number of halogens is 1. The zero-order valence-corrected chi connectivity index (χ0v) is 12.2. The average Bonchev–Trinajstić information content (AvgIpc) is 2.36. The molecule has 1 aromatic carbocycles. The van der Waals surface area contributed by atoms with E-state index in [0.717, 1.165) is 6.26 Å². The van der Waals surface area contributed by atoms with Crippen LogP contribution in [0.2, 0.25) is 0 Å². The van der Waals surface area contributed by atoms with Crippen LogP contribution in [0.3, 0.4) is 0 Å². The van der Waals surface area contributed by atoms with E-state index in [1.807, 2.05) is 0 Å². The van der Waals surface area contributed by atoms with Gasteiger partial charge in [0, 0.05) is 6.26 Å². The molecule has 0 saturated heterocycles. The number of nitrogens with one attached hydrogen (secondary N) is 1. The summed E-state index contributed by atoms with van der Waals surface area (Å²) in [5.41, 5.74) is 0.141. The first-order chi connectivity index (χ1) is 9.69. The van der Waals surface area contributed by atoms with Crippen molar-refractivity contribution in [2.45, 2.75) is 18.9 Å². The van der Waals surface area contributed by atoms with Crippen LogP contribution in [0.15, 0.2) is 24.3 Å². The van der Waals surface area contributed by atoms with Crippen LogP contribution >= 0.6 is 0 Å². The molecule has 0 saturated carbocycles. The Balaban J connectivity index is 2.65. The second-order valence-corrected chi connectivity index (χ2v) is 6.90. The van der Waals surface area contributed by atoms with Crippen molar-refractivity contribution in [1.82, 2.24) is 5.32 Å². The maximum Gasteiger partial charge on any atom is 0.326 e. The van der Waals surface area contributed by atoms with Crippen molar-refractivity contribution >= 4 is 21.7 Å². The molecular formula is C13H16FNO5S. The third-order valence-corrected chi connectivity index (χ3v) is 3.70. The lowest BCUT2D eigenvalue weighted by molar-refractivity contribution is -0.141. The molecule has 0 aromatic heterocycles. The van der Waals surface area contributed by atoms with E-state index >= 15 is 0 Å². The normalized spacial score (nSPS) is 12.7. The lowest BCUT2D eigenvalue weighted by atomic mass is 10.1. The van der Waals surface area contributed by atoms with E-state index in [-0.39, 0.29) is 24.2 Å². The van der Waals surface area contributed by atoms with Gasteiger partial charge in [-0.15, -0.1) is 0 Å². The van der Waals surface area contributed by atoms with Crippen molar-refractivity contribution in [2.75, 3.05) is 12.0 Å². The molecule has 1 unspecified atom stereocenters. The number of carboxylic acid groups (broad SMARTS) is 1. The smallest absolute Gasteiger partial charge is 0.326 e. The third kappa shape index (κ3) is 6.35. The van der Waals surface area contributed by atoms with Gasteiger partial charge in [-0.25, -0.2) is 17.6 Å². The molecule has 1 aromatic rings. The first kappa shape index (κ1) is 17.1. The van der Waals surface area contributed by atoms with Gasteiger partial charge < -0.3 is 10.4 Å². The molecule has 0 spiro atoms. The highest BCUT2D eigenvalue weighted by atomic mass is 32.2. The first-order valence-electron chi connectivity index (χ1n) is 6.12. The molecule has 8 heteroatoms. The van der Waals surface area contributed by atoms with Crippen molar-refractivity contribution in [2.24, 2.45) is 0 Å². The number of rotatable bonds is 7. The summed E-state index contributed by atoms with van der Waals surface area (Å²) < 4.78 is 35.4. The standard InChI is InChI=1S/C13H16FNO5S/c1-21(19,20)7-6-11(13(17)18)15-12(16)8-9-4-2-3-5-10(9)14/h2-5,11H,6-8H2,1H3,(H,15,16)(H,17,18). The summed E-state index contributed by atoms with van der Waals surface area (Å²) in [5.74, 6) is -2.93. The molecule has 0 radical (unpaired) electrons. The van der Waals surface area contributed by atoms with Crippen LogP contribution < -0.4 is 5.32 Å². The first-order valence-corrected chi connectivity index (χ1v) is 8.18. The molecule has 1 rings (SSSR count). The van der Waals surface area contributed by atoms with Gasteiger partial charge >= 0.3 is 5.97 Å². The van der Waals surface area contributed by atoms with Crippen molar-refractivity contribution in [3.63, 3.8) is 0 Å². The van der Waals surface area contributed by atoms with Gasteiger partial charge in [0.25, 0.3) is 0 Å². The van der Waals surface area contributed by atoms with Gasteiger partial charge in [-0.3, -0.25) is 4.79 Å². The molecule has 0 aliphatic heterocycles. The van der Waals surface area contributed by atoms with E-state index in [2.05, 4.69) is 5.32 Å². The van der Waals surface area contributed by atoms with Crippen LogP contribution in [-0.2, 0) is 25.8 Å². The van der Waals surface area contributed by atoms with Crippen molar-refractivity contribution in [3.8, 4) is 0 Å². The minimum atomic E-state index is -3.33. The highest BCUT2D eigenvalue weighted by Gasteiger charge is 2.22. The van der Waals surface area contributed by atoms with Crippen LogP contribution in [0.5, 0.6) is 0 Å². The number of carbonyl (C=O) groups excluding carboxylic acids is 1. The van der Waals surface area contributed by atoms with Crippen molar-refractivity contribution in [1.29, 1.82) is 0 Å². The van der Waals surface area contributed by atoms with Crippen molar-refractivity contribution < 1.29 is 27.5 Å². The quantitative estimate of drug-likeness (QED) is 0.757. The maximum absolute atomic E-state index is 13.4. The Labute approximate surface area is 121 Å². The number of amides is 1. The van der Waals surface area contributed by atoms with E-state index in [9.17, 15) is 22.4 Å². The Hall–Kier alpha value is -1.96. The number of carbonyl (C=O) groups is 2. The Morgan fingerprint density at radius 1 is 1.33 bits per heavy atom. The fourth-order valence-corrected chi connectivity index (χ4v) is 2.31. The largest absolute Gasteiger partial charge is 0.480 e. The van der Waals surface area contributed by atoms with Gasteiger partial charge in [-0.05, 0) is 18.1 Å². The number of hydrogen-bond donors (Lipinski definition) is 2. The molecule has 0 heterocycles. The Morgan fingerprint density at radius 3 is 2.48 bits per heavy atom. The van der Waals surface area contributed by atoms with Gasteiger partial charge in [0.1, 0.15) is 21.7 Å². The molecule has 0 aliphatic carbocycles. The molecule has 0 aliphatic rings. The summed E-state index contributed by atoms with van der Waals surface area (Å²) in [6, 6.07) is 4.33. The predicted octanol–water partition coefficient (Wildman–Crippen LogP) is 0.372. The number of aliphatic carboxylic acids is 1. The van der Waals surface area contributed by atoms with Crippen molar-refractivity contribution in [3.05, 3.63) is 35.6 Å². The van der Waals surface area contributed by atoms with Crippen LogP contribution in [0.4, 0.5) is 4.39 Å². The Morgan fingerprint density at radius 2 is 1.95 bits per heavy atom. The summed E-state index contributed by atoms with van der Waals surface area (Å²) >= 11 is 0. The lowest BCUT2D eigenvalue weighted by Crippen LogP contribution is -2.42. The molecule has 1 amide bonds. The molecule has 1 atom stereocenters. The summed E-state index contributed by atoms with van der Waals surface area (Å²) in [7, 11) is -3.33. The number of hydrogen-bond acceptors (Lipinski definition) is 4. The predicted molar refractivity (Wildman–Crippen MR) is 74.0 cm³/mol. The monoisotopic (exact) mass is 317 g/mol. The number of carboxylic acids is 1. The zero-order valence-electron chi connectivity index (χ0n) is 11.4. The Bertz CT molecular complexity index is 629. The summed E-state index contributed by atoms with van der Waals surface area (Å²) in [5, 5.41) is 11.2. The van der Waals surface area contributed by atoms with Crippen LogP contribution in [0.1, 0.15) is 12.0 Å². The van der Waals surface area contributed by atoms with E-state index in [1.165, 1.54) is 18.2 Å². The molecule has 6 nitrogen and oxygen atoms in total. The topological polar surface area (TPSA) is 101 Å². The highest BCUT2D eigenvalue weighted by Crippen LogP contribution is 2.07. The minimum Gasteiger partial charge on any atom is -0.480 e. The SMILES string of the molecule is CS(=O)(=O)CCC(NC(=O)Cc1ccccc1F)C(=O)O. The third-order valence-electron chi connectivity index (χ3n) is 2.72. The molecule has 21 heavy (non-hydrogen) atoms. The van der Waals surface area contributed by atoms with Gasteiger partial charge in [-0.1, -0.05) is 18.2 Å². The summed E-state index contributed by atoms with van der Waals surface area (Å²) in [6.45, 7) is 0. The second-order valence-electron chi connectivity index (χ2n) is 4.65. The van der Waals surface area contributed by atoms with E-state index < -0.39 is 33.6 Å². The fraction of sp³-hybridized carbons (Fsp3) is 0.385. The minimum absolute atomic E-state index is 0.141. The number of sulfone groups is 1. The summed E-state index contributed by atoms with van der Waals surface area (Å²) in [6.07, 6.45) is 0.430. The van der Waals surface area contributed by atoms with Gasteiger partial charge in [0.05, 0.1) is 12.2 Å². The zero-order chi connectivity index (χ0) is 16.0. The molecular weight excluding hydrogens is 301 g/mol. The van der Waals surface area contributed by atoms with Crippen LogP contribution in [0, 0.1) is 5.82 Å². The molecule has 0 fully saturated rings. The van der Waals surface area contributed by atoms with E-state index in [0.29, 0.717) is 0 Å². The van der Waals surface area contributed by atoms with E-state index in [4.69, 9.17) is 5.11 Å². The molecule has 2 N–H and O–H groups in total. The van der Waals surface area contributed by atoms with Crippen LogP contribution in [-0.4, -0.2) is 43.5 Å². The Kier molecular flexibility index (Phi) is 5.83. The lowest BCUT2D eigenvalue weighted by Gasteiger charge is -2.14. The summed E-state index contributed by atoms with van der Waals surface area (Å²) in [4.78, 5) is 22.7. The fourth-order valence-electron chi connectivity index (χ4n) is 1.65. The molecule has 116 valence electrons. The molecule has 0 bridgehead atoms. The van der Waals surface area contributed by atoms with Gasteiger partial charge in [0.15, 0.2) is 0 Å². The highest BCUT2D eigenvalue weighted by molar-refractivity contribution is 7.90. The van der Waals surface area contributed by atoms with Gasteiger partial charge in [-0.2, -0.15) is 0 Å². The second kappa shape index (κ2) is 7.16. The maximum atomic E-state index is 13.4. The number of benzene rings is 1. The average molecular weight is 317 g/mol. The van der Waals surface area contributed by atoms with Gasteiger partial charge in [0.2, 0.25) is 5.91 Å². The van der Waals surface area contributed by atoms with E-state index in [1.54, 1.807) is 6.07 Å².